The Morgan fingerprint density at radius 2 is 1.76 bits per heavy atom. The lowest BCUT2D eigenvalue weighted by Gasteiger charge is -2.13. The van der Waals surface area contributed by atoms with Crippen molar-refractivity contribution in [2.45, 2.75) is 13.8 Å². The van der Waals surface area contributed by atoms with Gasteiger partial charge in [-0.25, -0.2) is 0 Å². The molecule has 1 saturated heterocycles. The fourth-order valence-electron chi connectivity index (χ4n) is 3.24. The van der Waals surface area contributed by atoms with Crippen molar-refractivity contribution in [3.63, 3.8) is 0 Å². The van der Waals surface area contributed by atoms with Gasteiger partial charge in [-0.1, -0.05) is 60.4 Å². The van der Waals surface area contributed by atoms with Crippen molar-refractivity contribution in [1.29, 1.82) is 0 Å². The zero-order chi connectivity index (χ0) is 23.4. The molecule has 0 spiro atoms. The summed E-state index contributed by atoms with van der Waals surface area (Å²) in [5, 5.41) is 2.84. The Morgan fingerprint density at radius 3 is 2.45 bits per heavy atom. The molecule has 5 nitrogen and oxygen atoms in total. The molecular formula is C26H22N2O3S2. The molecule has 33 heavy (non-hydrogen) atoms. The van der Waals surface area contributed by atoms with Gasteiger partial charge in [0.2, 0.25) is 0 Å². The third kappa shape index (κ3) is 5.50. The molecule has 1 fully saturated rings. The van der Waals surface area contributed by atoms with Crippen LogP contribution in [0.4, 0.5) is 11.4 Å². The fourth-order valence-corrected chi connectivity index (χ4v) is 4.54. The number of anilines is 2. The molecule has 3 aromatic rings. The number of carbonyl (C=O) groups excluding carboxylic acids is 2. The number of hydrogen-bond acceptors (Lipinski definition) is 5. The Bertz CT molecular complexity index is 1240. The maximum Gasteiger partial charge on any atom is 0.270 e. The van der Waals surface area contributed by atoms with Crippen LogP contribution in [0.3, 0.4) is 0 Å². The minimum Gasteiger partial charge on any atom is -0.484 e. The van der Waals surface area contributed by atoms with Crippen molar-refractivity contribution in [3.8, 4) is 5.75 Å². The smallest absolute Gasteiger partial charge is 0.270 e. The first kappa shape index (κ1) is 22.8. The molecule has 166 valence electrons. The summed E-state index contributed by atoms with van der Waals surface area (Å²) in [6.07, 6.45) is 1.80. The Hall–Kier alpha value is -3.42. The van der Waals surface area contributed by atoms with Crippen LogP contribution in [-0.2, 0) is 9.59 Å². The maximum absolute atomic E-state index is 12.8. The van der Waals surface area contributed by atoms with Gasteiger partial charge in [0.05, 0.1) is 10.6 Å². The van der Waals surface area contributed by atoms with Crippen LogP contribution in [-0.4, -0.2) is 22.7 Å². The molecule has 1 aliphatic heterocycles. The van der Waals surface area contributed by atoms with Gasteiger partial charge >= 0.3 is 0 Å². The predicted octanol–water partition coefficient (Wildman–Crippen LogP) is 5.73. The van der Waals surface area contributed by atoms with Crippen LogP contribution >= 0.6 is 24.0 Å². The number of carbonyl (C=O) groups is 2. The molecule has 1 aliphatic rings. The second-order valence-electron chi connectivity index (χ2n) is 7.56. The van der Waals surface area contributed by atoms with Crippen molar-refractivity contribution in [1.82, 2.24) is 0 Å². The van der Waals surface area contributed by atoms with Crippen molar-refractivity contribution in [2.24, 2.45) is 0 Å². The molecule has 4 rings (SSSR count). The number of nitrogens with one attached hydrogen (secondary N) is 1. The standard InChI is InChI=1S/C26H22N2O3S2/c1-17-8-11-20(14-18(17)2)27-24(29)16-31-22-12-9-19(10-13-22)15-23-25(30)28(26(32)33-23)21-6-4-3-5-7-21/h3-15H,16H2,1-2H3,(H,27,29). The minimum absolute atomic E-state index is 0.0952. The monoisotopic (exact) mass is 474 g/mol. The normalized spacial score (nSPS) is 14.6. The highest BCUT2D eigenvalue weighted by molar-refractivity contribution is 8.27. The summed E-state index contributed by atoms with van der Waals surface area (Å²) in [4.78, 5) is 27.1. The highest BCUT2D eigenvalue weighted by Gasteiger charge is 2.33. The quantitative estimate of drug-likeness (QED) is 0.365. The fraction of sp³-hybridized carbons (Fsp3) is 0.115. The number of nitrogens with zero attached hydrogens (tertiary/aromatic N) is 1. The van der Waals surface area contributed by atoms with Gasteiger partial charge in [-0.15, -0.1) is 0 Å². The van der Waals surface area contributed by atoms with E-state index < -0.39 is 0 Å². The number of aryl methyl sites for hydroxylation is 2. The topological polar surface area (TPSA) is 58.6 Å². The van der Waals surface area contributed by atoms with Gasteiger partial charge < -0.3 is 10.1 Å². The van der Waals surface area contributed by atoms with Crippen LogP contribution < -0.4 is 15.0 Å². The van der Waals surface area contributed by atoms with Crippen molar-refractivity contribution in [3.05, 3.63) is 94.4 Å². The van der Waals surface area contributed by atoms with Gasteiger partial charge in [0, 0.05) is 5.69 Å². The summed E-state index contributed by atoms with van der Waals surface area (Å²) < 4.78 is 6.10. The summed E-state index contributed by atoms with van der Waals surface area (Å²) in [6.45, 7) is 3.93. The number of ether oxygens (including phenoxy) is 1. The molecule has 0 atom stereocenters. The maximum atomic E-state index is 12.8. The van der Waals surface area contributed by atoms with Crippen LogP contribution in [0.2, 0.25) is 0 Å². The highest BCUT2D eigenvalue weighted by Crippen LogP contribution is 2.36. The van der Waals surface area contributed by atoms with E-state index in [4.69, 9.17) is 17.0 Å². The van der Waals surface area contributed by atoms with Crippen molar-refractivity contribution in [2.75, 3.05) is 16.8 Å². The zero-order valence-corrected chi connectivity index (χ0v) is 19.8. The third-order valence-electron chi connectivity index (χ3n) is 5.15. The third-order valence-corrected chi connectivity index (χ3v) is 6.45. The molecule has 0 unspecified atom stereocenters. The number of thioether (sulfide) groups is 1. The van der Waals surface area contributed by atoms with Crippen LogP contribution in [0.5, 0.6) is 5.75 Å². The van der Waals surface area contributed by atoms with E-state index in [2.05, 4.69) is 5.32 Å². The molecular weight excluding hydrogens is 452 g/mol. The SMILES string of the molecule is Cc1ccc(NC(=O)COc2ccc(C=C3SC(=S)N(c4ccccc4)C3=O)cc2)cc1C. The molecule has 3 aromatic carbocycles. The van der Waals surface area contributed by atoms with Crippen molar-refractivity contribution >= 4 is 57.6 Å². The lowest BCUT2D eigenvalue weighted by atomic mass is 10.1. The first-order valence-electron chi connectivity index (χ1n) is 10.3. The number of hydrogen-bond donors (Lipinski definition) is 1. The molecule has 1 heterocycles. The second kappa shape index (κ2) is 10.0. The molecule has 0 bridgehead atoms. The lowest BCUT2D eigenvalue weighted by molar-refractivity contribution is -0.118. The van der Waals surface area contributed by atoms with E-state index in [1.807, 2.05) is 74.5 Å². The second-order valence-corrected chi connectivity index (χ2v) is 9.23. The Balaban J connectivity index is 1.36. The first-order chi connectivity index (χ1) is 15.9. The molecule has 0 radical (unpaired) electrons. The van der Waals surface area contributed by atoms with Gasteiger partial charge in [0.15, 0.2) is 10.9 Å². The molecule has 1 N–H and O–H groups in total. The lowest BCUT2D eigenvalue weighted by Crippen LogP contribution is -2.27. The van der Waals surface area contributed by atoms with E-state index >= 15 is 0 Å². The van der Waals surface area contributed by atoms with Gasteiger partial charge in [0.25, 0.3) is 11.8 Å². The molecule has 0 aromatic heterocycles. The van der Waals surface area contributed by atoms with E-state index in [1.54, 1.807) is 18.2 Å². The van der Waals surface area contributed by atoms with Crippen LogP contribution in [0.15, 0.2) is 77.7 Å². The summed E-state index contributed by atoms with van der Waals surface area (Å²) in [5.74, 6) is 0.200. The number of rotatable bonds is 6. The summed E-state index contributed by atoms with van der Waals surface area (Å²) in [7, 11) is 0. The van der Waals surface area contributed by atoms with E-state index in [9.17, 15) is 9.59 Å². The molecule has 0 aliphatic carbocycles. The largest absolute Gasteiger partial charge is 0.484 e. The van der Waals surface area contributed by atoms with E-state index in [-0.39, 0.29) is 18.4 Å². The average Bonchev–Trinajstić information content (AvgIpc) is 3.09. The van der Waals surface area contributed by atoms with Crippen LogP contribution in [0.1, 0.15) is 16.7 Å². The van der Waals surface area contributed by atoms with Gasteiger partial charge in [0.1, 0.15) is 5.75 Å². The van der Waals surface area contributed by atoms with Crippen LogP contribution in [0.25, 0.3) is 6.08 Å². The van der Waals surface area contributed by atoms with Crippen LogP contribution in [0, 0.1) is 13.8 Å². The summed E-state index contributed by atoms with van der Waals surface area (Å²) >= 11 is 6.68. The Labute approximate surface area is 202 Å². The Morgan fingerprint density at radius 1 is 1.03 bits per heavy atom. The Kier molecular flexibility index (Phi) is 6.91. The molecule has 7 heteroatoms. The van der Waals surface area contributed by atoms with E-state index in [1.165, 1.54) is 22.2 Å². The minimum atomic E-state index is -0.230. The number of thiocarbonyl (C=S) groups is 1. The van der Waals surface area contributed by atoms with Gasteiger partial charge in [-0.3, -0.25) is 14.5 Å². The average molecular weight is 475 g/mol. The molecule has 0 saturated carbocycles. The van der Waals surface area contributed by atoms with Gasteiger partial charge in [-0.05, 0) is 73.0 Å². The highest BCUT2D eigenvalue weighted by atomic mass is 32.2. The van der Waals surface area contributed by atoms with Crippen molar-refractivity contribution < 1.29 is 14.3 Å². The van der Waals surface area contributed by atoms with E-state index in [0.29, 0.717) is 15.0 Å². The number of amides is 2. The first-order valence-corrected chi connectivity index (χ1v) is 11.6. The number of benzene rings is 3. The van der Waals surface area contributed by atoms with Gasteiger partial charge in [-0.2, -0.15) is 0 Å². The number of para-hydroxylation sites is 1. The summed E-state index contributed by atoms with van der Waals surface area (Å²) in [6, 6.07) is 22.4. The molecule has 2 amide bonds. The van der Waals surface area contributed by atoms with E-state index in [0.717, 1.165) is 22.5 Å². The zero-order valence-electron chi connectivity index (χ0n) is 18.2. The summed E-state index contributed by atoms with van der Waals surface area (Å²) in [5.41, 5.74) is 4.63. The predicted molar refractivity (Wildman–Crippen MR) is 139 cm³/mol.